The molecular weight excluding hydrogens is 214 g/mol. The van der Waals surface area contributed by atoms with Gasteiger partial charge < -0.3 is 10.5 Å². The lowest BCUT2D eigenvalue weighted by molar-refractivity contribution is -0.120. The second kappa shape index (κ2) is 5.15. The Balaban J connectivity index is 2.06. The van der Waals surface area contributed by atoms with Gasteiger partial charge in [0.25, 0.3) is 0 Å². The van der Waals surface area contributed by atoms with Crippen molar-refractivity contribution in [3.63, 3.8) is 0 Å². The summed E-state index contributed by atoms with van der Waals surface area (Å²) < 4.78 is 5.24. The molecular formula is C14H17NO2. The standard InChI is InChI=1S/C14H17NO2/c1-17-14-5-3-2-4-11(14)9-13(16)10-6-7-12(15)8-10/h2-7,10,12H,8-9,15H2,1H3. The molecule has 0 aromatic heterocycles. The van der Waals surface area contributed by atoms with Crippen LogP contribution in [-0.2, 0) is 11.2 Å². The number of methoxy groups -OCH3 is 1. The van der Waals surface area contributed by atoms with E-state index in [0.717, 1.165) is 17.7 Å². The zero-order valence-corrected chi connectivity index (χ0v) is 9.93. The Bertz CT molecular complexity index is 440. The number of para-hydroxylation sites is 1. The molecule has 0 saturated carbocycles. The van der Waals surface area contributed by atoms with Crippen LogP contribution in [0.15, 0.2) is 36.4 Å². The van der Waals surface area contributed by atoms with E-state index in [1.807, 2.05) is 36.4 Å². The fourth-order valence-electron chi connectivity index (χ4n) is 2.13. The van der Waals surface area contributed by atoms with E-state index in [1.54, 1.807) is 7.11 Å². The third kappa shape index (κ3) is 2.74. The molecule has 17 heavy (non-hydrogen) atoms. The van der Waals surface area contributed by atoms with E-state index in [9.17, 15) is 4.79 Å². The number of Topliss-reactive ketones (excluding diaryl/α,β-unsaturated/α-hetero) is 1. The summed E-state index contributed by atoms with van der Waals surface area (Å²) >= 11 is 0. The van der Waals surface area contributed by atoms with Crippen LogP contribution in [0.5, 0.6) is 5.75 Å². The van der Waals surface area contributed by atoms with E-state index in [0.29, 0.717) is 6.42 Å². The molecule has 3 nitrogen and oxygen atoms in total. The van der Waals surface area contributed by atoms with Crippen molar-refractivity contribution in [2.24, 2.45) is 11.7 Å². The van der Waals surface area contributed by atoms with Crippen LogP contribution in [0.2, 0.25) is 0 Å². The first-order valence-corrected chi connectivity index (χ1v) is 5.79. The second-order valence-corrected chi connectivity index (χ2v) is 4.35. The summed E-state index contributed by atoms with van der Waals surface area (Å²) in [6, 6.07) is 7.65. The molecule has 1 aliphatic carbocycles. The van der Waals surface area contributed by atoms with Gasteiger partial charge in [0.2, 0.25) is 0 Å². The normalized spacial score (nSPS) is 22.7. The lowest BCUT2D eigenvalue weighted by Gasteiger charge is -2.10. The smallest absolute Gasteiger partial charge is 0.144 e. The van der Waals surface area contributed by atoms with Crippen LogP contribution in [0.1, 0.15) is 12.0 Å². The van der Waals surface area contributed by atoms with Gasteiger partial charge in [-0.05, 0) is 12.5 Å². The van der Waals surface area contributed by atoms with Crippen molar-refractivity contribution in [2.75, 3.05) is 7.11 Å². The maximum absolute atomic E-state index is 12.1. The molecule has 0 aliphatic heterocycles. The summed E-state index contributed by atoms with van der Waals surface area (Å²) in [6.45, 7) is 0. The predicted molar refractivity (Wildman–Crippen MR) is 66.9 cm³/mol. The van der Waals surface area contributed by atoms with Crippen molar-refractivity contribution in [3.8, 4) is 5.75 Å². The van der Waals surface area contributed by atoms with Gasteiger partial charge in [-0.15, -0.1) is 0 Å². The fraction of sp³-hybridized carbons (Fsp3) is 0.357. The molecule has 0 saturated heterocycles. The van der Waals surface area contributed by atoms with Crippen molar-refractivity contribution in [1.82, 2.24) is 0 Å². The van der Waals surface area contributed by atoms with Gasteiger partial charge in [-0.25, -0.2) is 0 Å². The molecule has 3 heteroatoms. The topological polar surface area (TPSA) is 52.3 Å². The summed E-state index contributed by atoms with van der Waals surface area (Å²) in [5, 5.41) is 0. The van der Waals surface area contributed by atoms with Gasteiger partial charge in [-0.1, -0.05) is 30.4 Å². The molecule has 2 unspecified atom stereocenters. The van der Waals surface area contributed by atoms with Gasteiger partial charge in [-0.3, -0.25) is 4.79 Å². The third-order valence-corrected chi connectivity index (χ3v) is 3.09. The van der Waals surface area contributed by atoms with Crippen molar-refractivity contribution < 1.29 is 9.53 Å². The summed E-state index contributed by atoms with van der Waals surface area (Å²) in [4.78, 5) is 12.1. The average molecular weight is 231 g/mol. The quantitative estimate of drug-likeness (QED) is 0.803. The van der Waals surface area contributed by atoms with E-state index in [-0.39, 0.29) is 17.7 Å². The van der Waals surface area contributed by atoms with Crippen LogP contribution in [0.3, 0.4) is 0 Å². The fourth-order valence-corrected chi connectivity index (χ4v) is 2.13. The Morgan fingerprint density at radius 2 is 2.18 bits per heavy atom. The number of nitrogens with two attached hydrogens (primary N) is 1. The molecule has 0 fully saturated rings. The molecule has 0 bridgehead atoms. The van der Waals surface area contributed by atoms with Gasteiger partial charge in [0.1, 0.15) is 11.5 Å². The van der Waals surface area contributed by atoms with Crippen molar-refractivity contribution in [1.29, 1.82) is 0 Å². The average Bonchev–Trinajstić information content (AvgIpc) is 2.77. The Kier molecular flexibility index (Phi) is 3.59. The molecule has 0 heterocycles. The first kappa shape index (κ1) is 11.9. The Hall–Kier alpha value is -1.61. The van der Waals surface area contributed by atoms with Crippen molar-refractivity contribution in [2.45, 2.75) is 18.9 Å². The van der Waals surface area contributed by atoms with Crippen LogP contribution in [-0.4, -0.2) is 18.9 Å². The van der Waals surface area contributed by atoms with E-state index >= 15 is 0 Å². The molecule has 1 aromatic rings. The zero-order chi connectivity index (χ0) is 12.3. The number of rotatable bonds is 4. The Morgan fingerprint density at radius 3 is 2.82 bits per heavy atom. The Labute approximate surface area is 101 Å². The van der Waals surface area contributed by atoms with Crippen molar-refractivity contribution in [3.05, 3.63) is 42.0 Å². The molecule has 0 amide bonds. The molecule has 0 radical (unpaired) electrons. The van der Waals surface area contributed by atoms with Gasteiger partial charge >= 0.3 is 0 Å². The lowest BCUT2D eigenvalue weighted by atomic mass is 9.96. The molecule has 0 spiro atoms. The van der Waals surface area contributed by atoms with Crippen molar-refractivity contribution >= 4 is 5.78 Å². The highest BCUT2D eigenvalue weighted by molar-refractivity contribution is 5.85. The van der Waals surface area contributed by atoms with E-state index in [2.05, 4.69) is 0 Å². The largest absolute Gasteiger partial charge is 0.496 e. The first-order chi connectivity index (χ1) is 8.20. The summed E-state index contributed by atoms with van der Waals surface area (Å²) in [5.74, 6) is 0.945. The maximum Gasteiger partial charge on any atom is 0.144 e. The number of hydrogen-bond acceptors (Lipinski definition) is 3. The van der Waals surface area contributed by atoms with E-state index in [1.165, 1.54) is 0 Å². The van der Waals surface area contributed by atoms with Crippen LogP contribution < -0.4 is 10.5 Å². The molecule has 2 atom stereocenters. The summed E-state index contributed by atoms with van der Waals surface area (Å²) in [5.41, 5.74) is 6.69. The van der Waals surface area contributed by atoms with Crippen LogP contribution in [0, 0.1) is 5.92 Å². The SMILES string of the molecule is COc1ccccc1CC(=O)C1C=CC(N)C1. The first-order valence-electron chi connectivity index (χ1n) is 5.79. The summed E-state index contributed by atoms with van der Waals surface area (Å²) in [6.07, 6.45) is 4.97. The highest BCUT2D eigenvalue weighted by atomic mass is 16.5. The van der Waals surface area contributed by atoms with Gasteiger partial charge in [-0.2, -0.15) is 0 Å². The van der Waals surface area contributed by atoms with E-state index < -0.39 is 0 Å². The number of carbonyl (C=O) groups excluding carboxylic acids is 1. The molecule has 2 N–H and O–H groups in total. The minimum atomic E-state index is -0.0325. The molecule has 1 aromatic carbocycles. The maximum atomic E-state index is 12.1. The number of ketones is 1. The predicted octanol–water partition coefficient (Wildman–Crippen LogP) is 1.71. The number of carbonyl (C=O) groups is 1. The number of ether oxygens (including phenoxy) is 1. The number of benzene rings is 1. The van der Waals surface area contributed by atoms with Gasteiger partial charge in [0.15, 0.2) is 0 Å². The Morgan fingerprint density at radius 1 is 1.41 bits per heavy atom. The summed E-state index contributed by atoms with van der Waals surface area (Å²) in [7, 11) is 1.62. The third-order valence-electron chi connectivity index (χ3n) is 3.09. The van der Waals surface area contributed by atoms with Gasteiger partial charge in [0.05, 0.1) is 7.11 Å². The zero-order valence-electron chi connectivity index (χ0n) is 9.93. The number of allylic oxidation sites excluding steroid dienone is 1. The van der Waals surface area contributed by atoms with Gasteiger partial charge in [0, 0.05) is 23.9 Å². The monoisotopic (exact) mass is 231 g/mol. The molecule has 1 aliphatic rings. The second-order valence-electron chi connectivity index (χ2n) is 4.35. The lowest BCUT2D eigenvalue weighted by Crippen LogP contribution is -2.20. The number of hydrogen-bond donors (Lipinski definition) is 1. The highest BCUT2D eigenvalue weighted by Gasteiger charge is 2.23. The van der Waals surface area contributed by atoms with Crippen LogP contribution >= 0.6 is 0 Å². The van der Waals surface area contributed by atoms with Crippen LogP contribution in [0.25, 0.3) is 0 Å². The minimum Gasteiger partial charge on any atom is -0.496 e. The minimum absolute atomic E-state index is 0.0293. The van der Waals surface area contributed by atoms with Crippen LogP contribution in [0.4, 0.5) is 0 Å². The highest BCUT2D eigenvalue weighted by Crippen LogP contribution is 2.23. The van der Waals surface area contributed by atoms with E-state index in [4.69, 9.17) is 10.5 Å². The molecule has 2 rings (SSSR count). The molecule has 90 valence electrons.